The molecule has 11 nitrogen and oxygen atoms in total. The number of hydrogen-bond donors (Lipinski definition) is 4. The lowest BCUT2D eigenvalue weighted by atomic mass is 10.0. The fourth-order valence-corrected chi connectivity index (χ4v) is 5.44. The first-order valence-corrected chi connectivity index (χ1v) is 17.6. The number of rotatable bonds is 28. The Morgan fingerprint density at radius 1 is 0.881 bits per heavy atom. The molecule has 0 aliphatic rings. The van der Waals surface area contributed by atoms with Crippen LogP contribution in [0.25, 0.3) is 0 Å². The van der Waals surface area contributed by atoms with Crippen molar-refractivity contribution < 1.29 is 28.6 Å². The van der Waals surface area contributed by atoms with E-state index in [1.807, 2.05) is 0 Å². The van der Waals surface area contributed by atoms with Crippen molar-refractivity contribution in [1.29, 1.82) is 0 Å². The Balaban J connectivity index is 0.0000168. The SMILES string of the molecule is CC(C)CCCCCCCCCCCCCCCCOCCCOP(=O)(O)CO[C@H](CO)Cn1ccc(N)nc1=O.N. The van der Waals surface area contributed by atoms with Crippen LogP contribution < -0.4 is 17.6 Å². The van der Waals surface area contributed by atoms with Gasteiger partial charge in [0.15, 0.2) is 0 Å². The van der Waals surface area contributed by atoms with Crippen molar-refractivity contribution in [2.75, 3.05) is 38.5 Å². The summed E-state index contributed by atoms with van der Waals surface area (Å²) in [6.45, 7) is 5.37. The predicted molar refractivity (Wildman–Crippen MR) is 170 cm³/mol. The number of hydrogen-bond acceptors (Lipinski definition) is 9. The first kappa shape index (κ1) is 40.7. The van der Waals surface area contributed by atoms with Crippen molar-refractivity contribution in [3.8, 4) is 0 Å². The van der Waals surface area contributed by atoms with Crippen molar-refractivity contribution in [1.82, 2.24) is 15.7 Å². The molecular formula is C30H61N4O7P. The van der Waals surface area contributed by atoms with Crippen LogP contribution in [0.1, 0.15) is 117 Å². The summed E-state index contributed by atoms with van der Waals surface area (Å²) in [5.74, 6) is 0.936. The second kappa shape index (κ2) is 26.1. The lowest BCUT2D eigenvalue weighted by Gasteiger charge is -2.19. The normalized spacial score (nSPS) is 13.6. The quantitative estimate of drug-likeness (QED) is 0.0601. The molecule has 1 rings (SSSR count). The summed E-state index contributed by atoms with van der Waals surface area (Å²) < 4.78 is 29.4. The van der Waals surface area contributed by atoms with Crippen LogP contribution in [0.15, 0.2) is 17.1 Å². The summed E-state index contributed by atoms with van der Waals surface area (Å²) in [5.41, 5.74) is 4.86. The van der Waals surface area contributed by atoms with Gasteiger partial charge >= 0.3 is 13.3 Å². The van der Waals surface area contributed by atoms with E-state index in [1.165, 1.54) is 107 Å². The van der Waals surface area contributed by atoms with Crippen LogP contribution >= 0.6 is 7.60 Å². The maximum Gasteiger partial charge on any atom is 0.353 e. The lowest BCUT2D eigenvalue weighted by molar-refractivity contribution is 0.0162. The molecule has 2 atom stereocenters. The van der Waals surface area contributed by atoms with Crippen LogP contribution in [-0.4, -0.2) is 58.4 Å². The average Bonchev–Trinajstić information content (AvgIpc) is 2.92. The highest BCUT2D eigenvalue weighted by atomic mass is 31.2. The Bertz CT molecular complexity index is 872. The number of nitrogen functional groups attached to an aromatic ring is 1. The number of ether oxygens (including phenoxy) is 2. The standard InChI is InChI=1S/C30H58N3O7P.H3N/c1-27(2)18-15-13-11-9-7-5-3-4-6-8-10-12-14-16-21-38-22-17-23-40-41(36,37)26-39-28(25-34)24-33-20-19-29(31)32-30(33)35;/h19-20,27-28,34H,3-18,21-26H2,1-2H3,(H,36,37)(H2,31,32,35);1H3/t28-;/m0./s1. The van der Waals surface area contributed by atoms with E-state index in [4.69, 9.17) is 19.7 Å². The minimum atomic E-state index is -3.99. The summed E-state index contributed by atoms with van der Waals surface area (Å²) in [4.78, 5) is 25.4. The topological polar surface area (TPSA) is 181 Å². The Hall–Kier alpha value is -1.33. The molecule has 0 fully saturated rings. The van der Waals surface area contributed by atoms with Crippen LogP contribution in [0.4, 0.5) is 5.82 Å². The van der Waals surface area contributed by atoms with Crippen LogP contribution in [0.2, 0.25) is 0 Å². The molecule has 248 valence electrons. The van der Waals surface area contributed by atoms with Gasteiger partial charge in [0, 0.05) is 19.4 Å². The van der Waals surface area contributed by atoms with Gasteiger partial charge in [-0.15, -0.1) is 0 Å². The molecule has 0 radical (unpaired) electrons. The predicted octanol–water partition coefficient (Wildman–Crippen LogP) is 6.44. The van der Waals surface area contributed by atoms with Gasteiger partial charge in [-0.1, -0.05) is 104 Å². The highest BCUT2D eigenvalue weighted by molar-refractivity contribution is 7.52. The summed E-state index contributed by atoms with van der Waals surface area (Å²) in [6.07, 6.45) is 20.4. The maximum atomic E-state index is 12.2. The Morgan fingerprint density at radius 2 is 1.40 bits per heavy atom. The molecule has 42 heavy (non-hydrogen) atoms. The van der Waals surface area contributed by atoms with Crippen molar-refractivity contribution in [3.63, 3.8) is 0 Å². The van der Waals surface area contributed by atoms with Gasteiger partial charge in [-0.2, -0.15) is 4.98 Å². The molecular weight excluding hydrogens is 559 g/mol. The summed E-state index contributed by atoms with van der Waals surface area (Å²) in [7, 11) is -3.99. The molecule has 0 amide bonds. The zero-order valence-electron chi connectivity index (χ0n) is 26.4. The van der Waals surface area contributed by atoms with E-state index in [1.54, 1.807) is 0 Å². The number of aliphatic hydroxyl groups is 1. The minimum Gasteiger partial charge on any atom is -0.394 e. The van der Waals surface area contributed by atoms with Crippen LogP contribution in [0, 0.1) is 5.92 Å². The molecule has 0 bridgehead atoms. The summed E-state index contributed by atoms with van der Waals surface area (Å²) in [6, 6.07) is 1.44. The minimum absolute atomic E-state index is 0. The fourth-order valence-electron chi connectivity index (χ4n) is 4.55. The molecule has 12 heteroatoms. The van der Waals surface area contributed by atoms with E-state index in [9.17, 15) is 19.4 Å². The van der Waals surface area contributed by atoms with E-state index in [-0.39, 0.29) is 25.1 Å². The van der Waals surface area contributed by atoms with E-state index in [0.29, 0.717) is 19.6 Å². The van der Waals surface area contributed by atoms with E-state index >= 15 is 0 Å². The second-order valence-corrected chi connectivity index (χ2v) is 13.2. The van der Waals surface area contributed by atoms with Crippen LogP contribution in [0.3, 0.4) is 0 Å². The maximum absolute atomic E-state index is 12.2. The van der Waals surface area contributed by atoms with Gasteiger partial charge in [0.2, 0.25) is 0 Å². The number of aromatic nitrogens is 2. The molecule has 1 unspecified atom stereocenters. The van der Waals surface area contributed by atoms with Gasteiger partial charge in [-0.3, -0.25) is 9.13 Å². The Labute approximate surface area is 254 Å². The largest absolute Gasteiger partial charge is 0.394 e. The van der Waals surface area contributed by atoms with Crippen LogP contribution in [0.5, 0.6) is 0 Å². The zero-order chi connectivity index (χ0) is 30.2. The third-order valence-electron chi connectivity index (χ3n) is 7.02. The highest BCUT2D eigenvalue weighted by Crippen LogP contribution is 2.42. The molecule has 0 aromatic carbocycles. The Morgan fingerprint density at radius 3 is 1.93 bits per heavy atom. The zero-order valence-corrected chi connectivity index (χ0v) is 27.3. The molecule has 0 aliphatic carbocycles. The molecule has 0 saturated carbocycles. The summed E-state index contributed by atoms with van der Waals surface area (Å²) >= 11 is 0. The van der Waals surface area contributed by atoms with Gasteiger partial charge in [-0.05, 0) is 24.8 Å². The number of nitrogens with zero attached hydrogens (tertiary/aromatic N) is 2. The third-order valence-corrected chi connectivity index (χ3v) is 8.08. The second-order valence-electron chi connectivity index (χ2n) is 11.5. The lowest BCUT2D eigenvalue weighted by Crippen LogP contribution is -2.32. The molecule has 0 spiro atoms. The van der Waals surface area contributed by atoms with Gasteiger partial charge in [0.1, 0.15) is 12.2 Å². The van der Waals surface area contributed by atoms with E-state index in [0.717, 1.165) is 12.3 Å². The molecule has 0 aliphatic heterocycles. The molecule has 1 heterocycles. The monoisotopic (exact) mass is 620 g/mol. The smallest absolute Gasteiger partial charge is 0.353 e. The number of aliphatic hydroxyl groups excluding tert-OH is 1. The number of anilines is 1. The van der Waals surface area contributed by atoms with Gasteiger partial charge in [-0.25, -0.2) is 4.79 Å². The highest BCUT2D eigenvalue weighted by Gasteiger charge is 2.22. The van der Waals surface area contributed by atoms with E-state index < -0.39 is 32.3 Å². The molecule has 0 saturated heterocycles. The first-order chi connectivity index (χ1) is 19.7. The average molecular weight is 621 g/mol. The van der Waals surface area contributed by atoms with Crippen molar-refractivity contribution in [3.05, 3.63) is 22.7 Å². The third kappa shape index (κ3) is 23.2. The van der Waals surface area contributed by atoms with Crippen LogP contribution in [-0.2, 0) is 25.1 Å². The fraction of sp³-hybridized carbons (Fsp3) is 0.867. The van der Waals surface area contributed by atoms with Gasteiger partial charge in [0.25, 0.3) is 0 Å². The Kier molecular flexibility index (Phi) is 25.3. The van der Waals surface area contributed by atoms with Crippen molar-refractivity contribution in [2.24, 2.45) is 5.92 Å². The van der Waals surface area contributed by atoms with Crippen molar-refractivity contribution >= 4 is 13.4 Å². The molecule has 1 aromatic heterocycles. The first-order valence-electron chi connectivity index (χ1n) is 15.8. The summed E-state index contributed by atoms with van der Waals surface area (Å²) in [5, 5.41) is 9.48. The molecule has 1 aromatic rings. The van der Waals surface area contributed by atoms with Gasteiger partial charge in [0.05, 0.1) is 25.9 Å². The van der Waals surface area contributed by atoms with Gasteiger partial charge < -0.3 is 35.9 Å². The molecule has 7 N–H and O–H groups in total. The van der Waals surface area contributed by atoms with E-state index in [2.05, 4.69) is 18.8 Å². The number of nitrogens with two attached hydrogens (primary N) is 1. The van der Waals surface area contributed by atoms with Crippen molar-refractivity contribution in [2.45, 2.75) is 129 Å². The number of unbranched alkanes of at least 4 members (excludes halogenated alkanes) is 13.